The monoisotopic (exact) mass is 315 g/mol. The van der Waals surface area contributed by atoms with Crippen LogP contribution in [0.15, 0.2) is 23.1 Å². The lowest BCUT2D eigenvalue weighted by molar-refractivity contribution is -0.386. The Hall–Kier alpha value is -1.51. The van der Waals surface area contributed by atoms with Gasteiger partial charge in [-0.1, -0.05) is 19.9 Å². The molecule has 21 heavy (non-hydrogen) atoms. The van der Waals surface area contributed by atoms with Crippen LogP contribution in [-0.2, 0) is 10.0 Å². The van der Waals surface area contributed by atoms with E-state index in [4.69, 9.17) is 5.14 Å². The number of nitrogens with one attached hydrogen (secondary N) is 1. The number of nitrogens with two attached hydrogens (primary N) is 1. The van der Waals surface area contributed by atoms with Crippen LogP contribution in [-0.4, -0.2) is 26.4 Å². The third-order valence-electron chi connectivity index (χ3n) is 3.60. The number of benzene rings is 1. The van der Waals surface area contributed by atoms with E-state index in [9.17, 15) is 18.5 Å². The van der Waals surface area contributed by atoms with E-state index in [0.717, 1.165) is 6.07 Å². The topological polar surface area (TPSA) is 115 Å². The van der Waals surface area contributed by atoms with Crippen LogP contribution < -0.4 is 10.5 Å². The first-order valence-electron chi connectivity index (χ1n) is 6.58. The second kappa shape index (κ2) is 6.50. The molecule has 8 heteroatoms. The molecule has 0 aliphatic rings. The van der Waals surface area contributed by atoms with Crippen molar-refractivity contribution in [1.29, 1.82) is 0 Å². The molecule has 1 aromatic rings. The molecule has 3 N–H and O–H groups in total. The second-order valence-corrected chi connectivity index (χ2v) is 6.93. The van der Waals surface area contributed by atoms with Gasteiger partial charge in [-0.15, -0.1) is 0 Å². The fraction of sp³-hybridized carbons (Fsp3) is 0.538. The van der Waals surface area contributed by atoms with Gasteiger partial charge in [-0.3, -0.25) is 10.1 Å². The van der Waals surface area contributed by atoms with Crippen molar-refractivity contribution in [1.82, 2.24) is 5.32 Å². The number of likely N-dealkylation sites (N-methyl/N-ethyl adjacent to an activating group) is 1. The van der Waals surface area contributed by atoms with Gasteiger partial charge in [-0.2, -0.15) is 0 Å². The van der Waals surface area contributed by atoms with Crippen LogP contribution >= 0.6 is 0 Å². The Morgan fingerprint density at radius 3 is 2.24 bits per heavy atom. The van der Waals surface area contributed by atoms with E-state index in [1.165, 1.54) is 12.1 Å². The molecule has 0 amide bonds. The Bertz CT molecular complexity index is 628. The quantitative estimate of drug-likeness (QED) is 0.611. The van der Waals surface area contributed by atoms with Crippen LogP contribution in [0, 0.1) is 16.0 Å². The summed E-state index contributed by atoms with van der Waals surface area (Å²) < 4.78 is 22.7. The summed E-state index contributed by atoms with van der Waals surface area (Å²) in [5.41, 5.74) is 0.284. The smallest absolute Gasteiger partial charge is 0.274 e. The number of nitro groups is 1. The van der Waals surface area contributed by atoms with Crippen LogP contribution in [0.2, 0.25) is 0 Å². The Labute approximate surface area is 124 Å². The summed E-state index contributed by atoms with van der Waals surface area (Å²) in [4.78, 5) is 10.5. The summed E-state index contributed by atoms with van der Waals surface area (Å²) in [6.07, 6.45) is 0. The van der Waals surface area contributed by atoms with Crippen molar-refractivity contribution >= 4 is 15.7 Å². The molecule has 0 fully saturated rings. The van der Waals surface area contributed by atoms with Crippen molar-refractivity contribution < 1.29 is 13.3 Å². The van der Waals surface area contributed by atoms with Crippen molar-refractivity contribution in [3.63, 3.8) is 0 Å². The molecule has 1 rings (SSSR count). The summed E-state index contributed by atoms with van der Waals surface area (Å²) in [6, 6.07) is 3.83. The molecule has 0 radical (unpaired) electrons. The SMILES string of the molecule is CNC(C)C(c1ccc(S(N)(=O)=O)cc1[N+](=O)[O-])C(C)C. The minimum Gasteiger partial charge on any atom is -0.317 e. The van der Waals surface area contributed by atoms with Crippen LogP contribution in [0.1, 0.15) is 32.3 Å². The summed E-state index contributed by atoms with van der Waals surface area (Å²) in [5.74, 6) is 0.0245. The molecule has 0 aliphatic heterocycles. The van der Waals surface area contributed by atoms with Gasteiger partial charge in [-0.05, 0) is 26.0 Å². The molecule has 0 spiro atoms. The van der Waals surface area contributed by atoms with Gasteiger partial charge in [0.1, 0.15) is 0 Å². The maximum Gasteiger partial charge on any atom is 0.274 e. The van der Waals surface area contributed by atoms with Gasteiger partial charge >= 0.3 is 0 Å². The van der Waals surface area contributed by atoms with E-state index in [1.807, 2.05) is 20.8 Å². The van der Waals surface area contributed by atoms with Gasteiger partial charge in [0.25, 0.3) is 5.69 Å². The lowest BCUT2D eigenvalue weighted by Crippen LogP contribution is -2.32. The first-order chi connectivity index (χ1) is 9.59. The van der Waals surface area contributed by atoms with E-state index < -0.39 is 14.9 Å². The van der Waals surface area contributed by atoms with Crippen LogP contribution in [0.5, 0.6) is 0 Å². The Balaban J connectivity index is 3.51. The third-order valence-corrected chi connectivity index (χ3v) is 4.51. The highest BCUT2D eigenvalue weighted by molar-refractivity contribution is 7.89. The van der Waals surface area contributed by atoms with Crippen molar-refractivity contribution in [2.75, 3.05) is 7.05 Å². The standard InChI is InChI=1S/C13H21N3O4S/c1-8(2)13(9(3)15-4)11-6-5-10(21(14,19)20)7-12(11)16(17)18/h5-9,13,15H,1-4H3,(H2,14,19,20). The number of hydrogen-bond acceptors (Lipinski definition) is 5. The van der Waals surface area contributed by atoms with E-state index in [-0.39, 0.29) is 28.5 Å². The van der Waals surface area contributed by atoms with E-state index in [2.05, 4.69) is 5.32 Å². The normalized spacial score (nSPS) is 15.0. The number of hydrogen-bond donors (Lipinski definition) is 2. The van der Waals surface area contributed by atoms with Gasteiger partial charge < -0.3 is 5.32 Å². The molecule has 2 unspecified atom stereocenters. The first kappa shape index (κ1) is 17.5. The van der Waals surface area contributed by atoms with Crippen molar-refractivity contribution in [2.45, 2.75) is 37.6 Å². The largest absolute Gasteiger partial charge is 0.317 e. The summed E-state index contributed by atoms with van der Waals surface area (Å²) in [5, 5.41) is 19.4. The molecule has 0 heterocycles. The molecule has 0 aliphatic carbocycles. The Kier molecular flexibility index (Phi) is 5.43. The van der Waals surface area contributed by atoms with Gasteiger partial charge in [0.15, 0.2) is 0 Å². The maximum absolute atomic E-state index is 11.4. The minimum absolute atomic E-state index is 0.00373. The van der Waals surface area contributed by atoms with E-state index >= 15 is 0 Å². The number of sulfonamides is 1. The molecule has 0 bridgehead atoms. The highest BCUT2D eigenvalue weighted by Crippen LogP contribution is 2.35. The first-order valence-corrected chi connectivity index (χ1v) is 8.12. The lowest BCUT2D eigenvalue weighted by atomic mass is 9.82. The maximum atomic E-state index is 11.4. The summed E-state index contributed by atoms with van der Waals surface area (Å²) in [6.45, 7) is 5.87. The predicted molar refractivity (Wildman–Crippen MR) is 80.6 cm³/mol. The predicted octanol–water partition coefficient (Wildman–Crippen LogP) is 1.59. The molecule has 118 valence electrons. The van der Waals surface area contributed by atoms with Crippen LogP contribution in [0.3, 0.4) is 0 Å². The zero-order chi connectivity index (χ0) is 16.4. The Morgan fingerprint density at radius 1 is 1.29 bits per heavy atom. The van der Waals surface area contributed by atoms with Gasteiger partial charge in [0.05, 0.1) is 9.82 Å². The zero-order valence-electron chi connectivity index (χ0n) is 12.5. The molecule has 0 saturated heterocycles. The molecule has 0 aromatic heterocycles. The number of nitrogens with zero attached hydrogens (tertiary/aromatic N) is 1. The fourth-order valence-corrected chi connectivity index (χ4v) is 3.06. The summed E-state index contributed by atoms with van der Waals surface area (Å²) >= 11 is 0. The summed E-state index contributed by atoms with van der Waals surface area (Å²) in [7, 11) is -2.19. The zero-order valence-corrected chi connectivity index (χ0v) is 13.3. The van der Waals surface area contributed by atoms with Crippen molar-refractivity contribution in [3.05, 3.63) is 33.9 Å². The van der Waals surface area contributed by atoms with E-state index in [0.29, 0.717) is 5.56 Å². The Morgan fingerprint density at radius 2 is 1.86 bits per heavy atom. The number of nitro benzene ring substituents is 1. The third kappa shape index (κ3) is 3.99. The lowest BCUT2D eigenvalue weighted by Gasteiger charge is -2.27. The molecule has 0 saturated carbocycles. The van der Waals surface area contributed by atoms with Gasteiger partial charge in [-0.25, -0.2) is 13.6 Å². The molecular weight excluding hydrogens is 294 g/mol. The number of rotatable bonds is 6. The fourth-order valence-electron chi connectivity index (χ4n) is 2.53. The van der Waals surface area contributed by atoms with Gasteiger partial charge in [0, 0.05) is 23.6 Å². The molecule has 1 aromatic carbocycles. The van der Waals surface area contributed by atoms with Crippen molar-refractivity contribution in [3.8, 4) is 0 Å². The van der Waals surface area contributed by atoms with Crippen LogP contribution in [0.25, 0.3) is 0 Å². The molecule has 2 atom stereocenters. The number of primary sulfonamides is 1. The average Bonchev–Trinajstić information content (AvgIpc) is 2.37. The van der Waals surface area contributed by atoms with Crippen LogP contribution in [0.4, 0.5) is 5.69 Å². The van der Waals surface area contributed by atoms with Crippen molar-refractivity contribution in [2.24, 2.45) is 11.1 Å². The van der Waals surface area contributed by atoms with E-state index in [1.54, 1.807) is 7.05 Å². The highest BCUT2D eigenvalue weighted by atomic mass is 32.2. The second-order valence-electron chi connectivity index (χ2n) is 5.37. The van der Waals surface area contributed by atoms with Gasteiger partial charge in [0.2, 0.25) is 10.0 Å². The molecule has 7 nitrogen and oxygen atoms in total. The molecular formula is C13H21N3O4S. The minimum atomic E-state index is -3.97. The highest BCUT2D eigenvalue weighted by Gasteiger charge is 2.29. The average molecular weight is 315 g/mol.